The molecule has 1 aromatic carbocycles. The molecule has 3 rings (SSSR count). The molecule has 0 bridgehead atoms. The maximum absolute atomic E-state index is 13.9. The number of aromatic amines is 1. The molecule has 1 amide bonds. The first-order valence-electron chi connectivity index (χ1n) is 8.25. The molecule has 1 aliphatic rings. The molecule has 6 nitrogen and oxygen atoms in total. The second kappa shape index (κ2) is 8.03. The van der Waals surface area contributed by atoms with Gasteiger partial charge in [0.1, 0.15) is 5.82 Å². The van der Waals surface area contributed by atoms with Crippen molar-refractivity contribution >= 4 is 5.91 Å². The molecule has 1 saturated heterocycles. The Labute approximate surface area is 140 Å². The molecule has 24 heavy (non-hydrogen) atoms. The largest absolute Gasteiger partial charge is 0.352 e. The summed E-state index contributed by atoms with van der Waals surface area (Å²) in [5.74, 6) is -0.614. The van der Waals surface area contributed by atoms with Gasteiger partial charge in [-0.1, -0.05) is 12.1 Å². The number of piperazine rings is 1. The Morgan fingerprint density at radius 1 is 1.29 bits per heavy atom. The summed E-state index contributed by atoms with van der Waals surface area (Å²) >= 11 is 0. The highest BCUT2D eigenvalue weighted by atomic mass is 19.1. The van der Waals surface area contributed by atoms with Crippen LogP contribution in [0.15, 0.2) is 30.5 Å². The van der Waals surface area contributed by atoms with Crippen LogP contribution in [0.2, 0.25) is 0 Å². The number of halogens is 1. The SMILES string of the molecule is O=C(NCCCN1CCNCC1)c1cn[nH]c1-c1ccccc1F. The predicted molar refractivity (Wildman–Crippen MR) is 90.2 cm³/mol. The van der Waals surface area contributed by atoms with Crippen molar-refractivity contribution in [2.45, 2.75) is 6.42 Å². The fourth-order valence-electron chi connectivity index (χ4n) is 2.86. The van der Waals surface area contributed by atoms with Gasteiger partial charge in [0.15, 0.2) is 0 Å². The number of hydrogen-bond acceptors (Lipinski definition) is 4. The zero-order chi connectivity index (χ0) is 16.8. The second-order valence-corrected chi connectivity index (χ2v) is 5.84. The van der Waals surface area contributed by atoms with Crippen LogP contribution in [0.3, 0.4) is 0 Å². The van der Waals surface area contributed by atoms with Gasteiger partial charge in [-0.05, 0) is 25.1 Å². The molecule has 2 heterocycles. The van der Waals surface area contributed by atoms with Crippen molar-refractivity contribution in [3.63, 3.8) is 0 Å². The minimum Gasteiger partial charge on any atom is -0.352 e. The Kier molecular flexibility index (Phi) is 5.55. The Morgan fingerprint density at radius 3 is 2.88 bits per heavy atom. The zero-order valence-electron chi connectivity index (χ0n) is 13.5. The Morgan fingerprint density at radius 2 is 2.08 bits per heavy atom. The van der Waals surface area contributed by atoms with E-state index in [1.165, 1.54) is 12.3 Å². The van der Waals surface area contributed by atoms with Crippen molar-refractivity contribution in [3.05, 3.63) is 41.8 Å². The number of H-pyrrole nitrogens is 1. The predicted octanol–water partition coefficient (Wildman–Crippen LogP) is 1.24. The van der Waals surface area contributed by atoms with Crippen molar-refractivity contribution in [3.8, 4) is 11.3 Å². The second-order valence-electron chi connectivity index (χ2n) is 5.84. The minimum absolute atomic E-state index is 0.234. The molecule has 3 N–H and O–H groups in total. The number of carbonyl (C=O) groups is 1. The van der Waals surface area contributed by atoms with Crippen LogP contribution in [0.1, 0.15) is 16.8 Å². The summed E-state index contributed by atoms with van der Waals surface area (Å²) in [4.78, 5) is 14.7. The lowest BCUT2D eigenvalue weighted by Crippen LogP contribution is -2.44. The van der Waals surface area contributed by atoms with Gasteiger partial charge >= 0.3 is 0 Å². The first kappa shape index (κ1) is 16.6. The Bertz CT molecular complexity index is 681. The van der Waals surface area contributed by atoms with Crippen LogP contribution in [0.5, 0.6) is 0 Å². The Balaban J connectivity index is 1.54. The summed E-state index contributed by atoms with van der Waals surface area (Å²) in [5.41, 5.74) is 1.12. The smallest absolute Gasteiger partial charge is 0.255 e. The first-order chi connectivity index (χ1) is 11.8. The highest BCUT2D eigenvalue weighted by Crippen LogP contribution is 2.23. The van der Waals surface area contributed by atoms with E-state index < -0.39 is 0 Å². The maximum atomic E-state index is 13.9. The molecule has 0 aliphatic carbocycles. The fraction of sp³-hybridized carbons (Fsp3) is 0.412. The standard InChI is InChI=1S/C17H22FN5O/c18-15-5-2-1-4-13(15)16-14(12-21-22-16)17(24)20-6-3-9-23-10-7-19-8-11-23/h1-2,4-5,12,19H,3,6-11H2,(H,20,24)(H,21,22). The molecular weight excluding hydrogens is 309 g/mol. The summed E-state index contributed by atoms with van der Waals surface area (Å²) in [6, 6.07) is 6.34. The lowest BCUT2D eigenvalue weighted by atomic mass is 10.1. The molecule has 2 aromatic rings. The van der Waals surface area contributed by atoms with Crippen LogP contribution in [-0.4, -0.2) is 60.3 Å². The molecule has 0 saturated carbocycles. The zero-order valence-corrected chi connectivity index (χ0v) is 13.5. The van der Waals surface area contributed by atoms with Crippen LogP contribution in [0.25, 0.3) is 11.3 Å². The quantitative estimate of drug-likeness (QED) is 0.697. The maximum Gasteiger partial charge on any atom is 0.255 e. The van der Waals surface area contributed by atoms with E-state index in [-0.39, 0.29) is 11.7 Å². The summed E-state index contributed by atoms with van der Waals surface area (Å²) in [6.07, 6.45) is 2.33. The van der Waals surface area contributed by atoms with E-state index >= 15 is 0 Å². The molecule has 128 valence electrons. The molecule has 0 radical (unpaired) electrons. The summed E-state index contributed by atoms with van der Waals surface area (Å²) in [7, 11) is 0. The summed E-state index contributed by atoms with van der Waals surface area (Å²) in [6.45, 7) is 5.69. The number of benzene rings is 1. The van der Waals surface area contributed by atoms with Crippen molar-refractivity contribution in [1.82, 2.24) is 25.7 Å². The summed E-state index contributed by atoms with van der Waals surface area (Å²) < 4.78 is 13.9. The van der Waals surface area contributed by atoms with E-state index in [1.54, 1.807) is 18.2 Å². The van der Waals surface area contributed by atoms with Crippen LogP contribution in [-0.2, 0) is 0 Å². The number of rotatable bonds is 6. The van der Waals surface area contributed by atoms with Gasteiger partial charge in [0.25, 0.3) is 5.91 Å². The topological polar surface area (TPSA) is 73.1 Å². The number of nitrogens with one attached hydrogen (secondary N) is 3. The highest BCUT2D eigenvalue weighted by molar-refractivity contribution is 5.99. The van der Waals surface area contributed by atoms with Gasteiger partial charge in [-0.15, -0.1) is 0 Å². The average molecular weight is 331 g/mol. The van der Waals surface area contributed by atoms with Gasteiger partial charge in [-0.25, -0.2) is 4.39 Å². The lowest BCUT2D eigenvalue weighted by molar-refractivity contribution is 0.0952. The third kappa shape index (κ3) is 3.98. The molecule has 1 aromatic heterocycles. The van der Waals surface area contributed by atoms with Gasteiger partial charge in [0.05, 0.1) is 17.5 Å². The van der Waals surface area contributed by atoms with E-state index in [0.29, 0.717) is 23.4 Å². The normalized spacial score (nSPS) is 15.4. The fourth-order valence-corrected chi connectivity index (χ4v) is 2.86. The number of aromatic nitrogens is 2. The molecule has 0 atom stereocenters. The molecule has 7 heteroatoms. The number of nitrogens with zero attached hydrogens (tertiary/aromatic N) is 2. The van der Waals surface area contributed by atoms with Crippen molar-refractivity contribution in [1.29, 1.82) is 0 Å². The van der Waals surface area contributed by atoms with Gasteiger partial charge in [-0.2, -0.15) is 5.10 Å². The van der Waals surface area contributed by atoms with Gasteiger partial charge in [-0.3, -0.25) is 9.89 Å². The third-order valence-electron chi connectivity index (χ3n) is 4.17. The molecule has 0 unspecified atom stereocenters. The monoisotopic (exact) mass is 331 g/mol. The summed E-state index contributed by atoms with van der Waals surface area (Å²) in [5, 5.41) is 12.8. The van der Waals surface area contributed by atoms with Gasteiger partial charge in [0.2, 0.25) is 0 Å². The van der Waals surface area contributed by atoms with Crippen LogP contribution in [0.4, 0.5) is 4.39 Å². The van der Waals surface area contributed by atoms with Gasteiger partial charge < -0.3 is 15.5 Å². The first-order valence-corrected chi connectivity index (χ1v) is 8.25. The van der Waals surface area contributed by atoms with E-state index in [4.69, 9.17) is 0 Å². The molecule has 1 fully saturated rings. The van der Waals surface area contributed by atoms with Crippen molar-refractivity contribution < 1.29 is 9.18 Å². The van der Waals surface area contributed by atoms with E-state index in [1.807, 2.05) is 0 Å². The van der Waals surface area contributed by atoms with Crippen molar-refractivity contribution in [2.75, 3.05) is 39.3 Å². The van der Waals surface area contributed by atoms with E-state index in [9.17, 15) is 9.18 Å². The number of carbonyl (C=O) groups excluding carboxylic acids is 1. The molecule has 0 spiro atoms. The van der Waals surface area contributed by atoms with E-state index in [0.717, 1.165) is 39.1 Å². The third-order valence-corrected chi connectivity index (χ3v) is 4.17. The highest BCUT2D eigenvalue weighted by Gasteiger charge is 2.17. The lowest BCUT2D eigenvalue weighted by Gasteiger charge is -2.27. The minimum atomic E-state index is -0.380. The number of hydrogen-bond donors (Lipinski definition) is 3. The molecular formula is C17H22FN5O. The van der Waals surface area contributed by atoms with E-state index in [2.05, 4.69) is 25.7 Å². The average Bonchev–Trinajstić information content (AvgIpc) is 3.09. The van der Waals surface area contributed by atoms with Crippen LogP contribution >= 0.6 is 0 Å². The Hall–Kier alpha value is -2.25. The molecule has 1 aliphatic heterocycles. The van der Waals surface area contributed by atoms with Crippen molar-refractivity contribution in [2.24, 2.45) is 0 Å². The van der Waals surface area contributed by atoms with Crippen LogP contribution in [0, 0.1) is 5.82 Å². The van der Waals surface area contributed by atoms with Crippen LogP contribution < -0.4 is 10.6 Å². The van der Waals surface area contributed by atoms with Gasteiger partial charge in [0, 0.05) is 38.3 Å². The number of amides is 1.